The van der Waals surface area contributed by atoms with Crippen molar-refractivity contribution in [3.8, 4) is 0 Å². The molecule has 0 heterocycles. The highest BCUT2D eigenvalue weighted by atomic mass is 16.4. The van der Waals surface area contributed by atoms with Crippen LogP contribution >= 0.6 is 0 Å². The number of aliphatic hydroxyl groups excluding tert-OH is 1. The first kappa shape index (κ1) is 23.6. The second-order valence-electron chi connectivity index (χ2n) is 6.95. The number of aliphatic carboxylic acids is 1. The standard InChI is InChI=1S/C17H32N6O5/c18-12(10-24)15(26)23(11-5-2-1-3-6-11)9-14(25)22-13(16(27)28)7-4-8-21-17(19)20/h11-13,24H,1-10,18H2,(H,22,25)(H,27,28)(H4,19,20,21)/t12-,13+/m1/s1. The minimum Gasteiger partial charge on any atom is -0.480 e. The number of aliphatic hydroxyl groups is 1. The second-order valence-corrected chi connectivity index (χ2v) is 6.95. The summed E-state index contributed by atoms with van der Waals surface area (Å²) in [5, 5.41) is 20.9. The number of nitrogens with two attached hydrogens (primary N) is 3. The van der Waals surface area contributed by atoms with Gasteiger partial charge in [0.1, 0.15) is 12.1 Å². The van der Waals surface area contributed by atoms with Crippen LogP contribution in [-0.4, -0.2) is 76.7 Å². The zero-order valence-electron chi connectivity index (χ0n) is 16.0. The summed E-state index contributed by atoms with van der Waals surface area (Å²) in [4.78, 5) is 41.5. The maximum Gasteiger partial charge on any atom is 0.326 e. The number of nitrogens with one attached hydrogen (secondary N) is 1. The Labute approximate surface area is 164 Å². The van der Waals surface area contributed by atoms with E-state index >= 15 is 0 Å². The highest BCUT2D eigenvalue weighted by molar-refractivity contribution is 5.89. The summed E-state index contributed by atoms with van der Waals surface area (Å²) >= 11 is 0. The van der Waals surface area contributed by atoms with Crippen LogP contribution in [0.5, 0.6) is 0 Å². The van der Waals surface area contributed by atoms with Gasteiger partial charge in [-0.3, -0.25) is 14.6 Å². The van der Waals surface area contributed by atoms with Gasteiger partial charge < -0.3 is 37.6 Å². The third-order valence-electron chi connectivity index (χ3n) is 4.70. The zero-order valence-corrected chi connectivity index (χ0v) is 16.0. The van der Waals surface area contributed by atoms with Crippen LogP contribution < -0.4 is 22.5 Å². The quantitative estimate of drug-likeness (QED) is 0.131. The van der Waals surface area contributed by atoms with Crippen molar-refractivity contribution in [2.24, 2.45) is 22.2 Å². The van der Waals surface area contributed by atoms with Gasteiger partial charge in [-0.25, -0.2) is 4.79 Å². The van der Waals surface area contributed by atoms with Crippen LogP contribution in [0, 0.1) is 0 Å². The zero-order chi connectivity index (χ0) is 21.1. The summed E-state index contributed by atoms with van der Waals surface area (Å²) in [5.41, 5.74) is 16.1. The minimum absolute atomic E-state index is 0.0854. The van der Waals surface area contributed by atoms with Crippen molar-refractivity contribution in [2.45, 2.75) is 63.1 Å². The number of carboxylic acid groups (broad SMARTS) is 1. The average Bonchev–Trinajstić information content (AvgIpc) is 2.67. The fourth-order valence-corrected chi connectivity index (χ4v) is 3.23. The van der Waals surface area contributed by atoms with E-state index in [0.717, 1.165) is 32.1 Å². The number of hydrogen-bond donors (Lipinski definition) is 6. The summed E-state index contributed by atoms with van der Waals surface area (Å²) in [6.07, 6.45) is 4.95. The lowest BCUT2D eigenvalue weighted by Crippen LogP contribution is -2.55. The van der Waals surface area contributed by atoms with Gasteiger partial charge in [-0.1, -0.05) is 19.3 Å². The molecule has 0 aromatic heterocycles. The molecule has 1 aliphatic carbocycles. The molecule has 11 heteroatoms. The Kier molecular flexibility index (Phi) is 10.2. The van der Waals surface area contributed by atoms with E-state index in [1.54, 1.807) is 0 Å². The Bertz CT molecular complexity index is 560. The van der Waals surface area contributed by atoms with Gasteiger partial charge in [0, 0.05) is 12.6 Å². The minimum atomic E-state index is -1.18. The number of aliphatic imine (C=N–C) groups is 1. The Morgan fingerprint density at radius 2 is 1.82 bits per heavy atom. The van der Waals surface area contributed by atoms with Crippen LogP contribution in [0.2, 0.25) is 0 Å². The maximum absolute atomic E-state index is 12.5. The first-order valence-corrected chi connectivity index (χ1v) is 9.50. The van der Waals surface area contributed by atoms with E-state index in [-0.39, 0.29) is 31.5 Å². The molecule has 28 heavy (non-hydrogen) atoms. The number of rotatable bonds is 11. The SMILES string of the molecule is NC(N)=NCCC[C@H](NC(=O)CN(C(=O)[C@H](N)CO)C1CCCCC1)C(=O)O. The number of hydrogen-bond acceptors (Lipinski definition) is 6. The summed E-state index contributed by atoms with van der Waals surface area (Å²) in [5.74, 6) is -2.36. The van der Waals surface area contributed by atoms with E-state index in [2.05, 4.69) is 10.3 Å². The highest BCUT2D eigenvalue weighted by Gasteiger charge is 2.31. The molecule has 2 amide bonds. The number of amides is 2. The number of carbonyl (C=O) groups is 3. The van der Waals surface area contributed by atoms with Gasteiger partial charge in [0.25, 0.3) is 0 Å². The molecule has 0 saturated heterocycles. The molecule has 9 N–H and O–H groups in total. The van der Waals surface area contributed by atoms with Crippen molar-refractivity contribution in [1.29, 1.82) is 0 Å². The van der Waals surface area contributed by atoms with Crippen LogP contribution in [0.3, 0.4) is 0 Å². The van der Waals surface area contributed by atoms with Gasteiger partial charge >= 0.3 is 5.97 Å². The van der Waals surface area contributed by atoms with Gasteiger partial charge in [0.05, 0.1) is 13.2 Å². The molecule has 2 atom stereocenters. The van der Waals surface area contributed by atoms with E-state index in [4.69, 9.17) is 17.2 Å². The topological polar surface area (TPSA) is 197 Å². The highest BCUT2D eigenvalue weighted by Crippen LogP contribution is 2.23. The van der Waals surface area contributed by atoms with Crippen LogP contribution in [0.25, 0.3) is 0 Å². The molecule has 0 aliphatic heterocycles. The molecule has 0 unspecified atom stereocenters. The molecule has 0 aromatic rings. The second kappa shape index (κ2) is 12.1. The Balaban J connectivity index is 2.71. The van der Waals surface area contributed by atoms with E-state index in [0.29, 0.717) is 6.42 Å². The summed E-state index contributed by atoms with van der Waals surface area (Å²) in [6, 6.07) is -2.36. The molecule has 160 valence electrons. The van der Waals surface area contributed by atoms with Crippen molar-refractivity contribution >= 4 is 23.7 Å². The van der Waals surface area contributed by atoms with Crippen LogP contribution in [0.15, 0.2) is 4.99 Å². The molecule has 0 radical (unpaired) electrons. The third-order valence-corrected chi connectivity index (χ3v) is 4.70. The van der Waals surface area contributed by atoms with E-state index < -0.39 is 36.5 Å². The molecule has 11 nitrogen and oxygen atoms in total. The van der Waals surface area contributed by atoms with Gasteiger partial charge in [0.2, 0.25) is 11.8 Å². The lowest BCUT2D eigenvalue weighted by atomic mass is 9.93. The summed E-state index contributed by atoms with van der Waals surface area (Å²) in [6.45, 7) is -0.568. The van der Waals surface area contributed by atoms with Crippen molar-refractivity contribution in [1.82, 2.24) is 10.2 Å². The van der Waals surface area contributed by atoms with E-state index in [9.17, 15) is 24.6 Å². The lowest BCUT2D eigenvalue weighted by molar-refractivity contribution is -0.144. The molecule has 1 fully saturated rings. The molecular weight excluding hydrogens is 368 g/mol. The smallest absolute Gasteiger partial charge is 0.326 e. The average molecular weight is 400 g/mol. The molecular formula is C17H32N6O5. The molecule has 0 aromatic carbocycles. The fraction of sp³-hybridized carbons (Fsp3) is 0.765. The molecule has 0 bridgehead atoms. The van der Waals surface area contributed by atoms with Gasteiger partial charge in [-0.2, -0.15) is 0 Å². The molecule has 0 spiro atoms. The van der Waals surface area contributed by atoms with Crippen molar-refractivity contribution in [3.05, 3.63) is 0 Å². The first-order chi connectivity index (χ1) is 13.3. The molecule has 1 aliphatic rings. The maximum atomic E-state index is 12.5. The van der Waals surface area contributed by atoms with Crippen LogP contribution in [-0.2, 0) is 14.4 Å². The molecule has 1 saturated carbocycles. The summed E-state index contributed by atoms with van der Waals surface area (Å²) < 4.78 is 0. The van der Waals surface area contributed by atoms with E-state index in [1.807, 2.05) is 0 Å². The number of carboxylic acids is 1. The van der Waals surface area contributed by atoms with Crippen LogP contribution in [0.1, 0.15) is 44.9 Å². The van der Waals surface area contributed by atoms with Gasteiger partial charge in [0.15, 0.2) is 5.96 Å². The summed E-state index contributed by atoms with van der Waals surface area (Å²) in [7, 11) is 0. The third kappa shape index (κ3) is 8.09. The Hall–Kier alpha value is -2.40. The Morgan fingerprint density at radius 1 is 1.18 bits per heavy atom. The van der Waals surface area contributed by atoms with E-state index in [1.165, 1.54) is 4.90 Å². The van der Waals surface area contributed by atoms with Gasteiger partial charge in [-0.15, -0.1) is 0 Å². The number of nitrogens with zero attached hydrogens (tertiary/aromatic N) is 2. The number of carbonyl (C=O) groups excluding carboxylic acids is 2. The predicted molar refractivity (Wildman–Crippen MR) is 103 cm³/mol. The molecule has 1 rings (SSSR count). The largest absolute Gasteiger partial charge is 0.480 e. The number of guanidine groups is 1. The fourth-order valence-electron chi connectivity index (χ4n) is 3.23. The normalized spacial score (nSPS) is 16.6. The predicted octanol–water partition coefficient (Wildman–Crippen LogP) is -1.91. The van der Waals surface area contributed by atoms with Gasteiger partial charge in [-0.05, 0) is 25.7 Å². The lowest BCUT2D eigenvalue weighted by Gasteiger charge is -2.35. The Morgan fingerprint density at radius 3 is 2.36 bits per heavy atom. The van der Waals surface area contributed by atoms with Crippen molar-refractivity contribution in [2.75, 3.05) is 19.7 Å². The van der Waals surface area contributed by atoms with Crippen molar-refractivity contribution in [3.63, 3.8) is 0 Å². The van der Waals surface area contributed by atoms with Crippen LogP contribution in [0.4, 0.5) is 0 Å². The monoisotopic (exact) mass is 400 g/mol. The first-order valence-electron chi connectivity index (χ1n) is 9.50. The van der Waals surface area contributed by atoms with Crippen molar-refractivity contribution < 1.29 is 24.6 Å².